The number of nitrogens with one attached hydrogen (secondary N) is 1. The van der Waals surface area contributed by atoms with E-state index in [-0.39, 0.29) is 5.41 Å². The second-order valence-corrected chi connectivity index (χ2v) is 10.5. The first-order chi connectivity index (χ1) is 13.3. The summed E-state index contributed by atoms with van der Waals surface area (Å²) in [6.45, 7) is 13.1. The molecule has 28 heavy (non-hydrogen) atoms. The monoisotopic (exact) mass is 409 g/mol. The Hall–Kier alpha value is -0.870. The van der Waals surface area contributed by atoms with Gasteiger partial charge in [-0.3, -0.25) is 0 Å². The summed E-state index contributed by atoms with van der Waals surface area (Å²) >= 11 is 0. The minimum atomic E-state index is -3.37. The van der Waals surface area contributed by atoms with E-state index in [2.05, 4.69) is 56.7 Å². The molecule has 0 atom stereocenters. The van der Waals surface area contributed by atoms with Crippen molar-refractivity contribution in [1.82, 2.24) is 4.72 Å². The Morgan fingerprint density at radius 3 is 1.71 bits per heavy atom. The molecule has 162 valence electrons. The van der Waals surface area contributed by atoms with Gasteiger partial charge in [-0.15, -0.1) is 0 Å². The molecule has 0 aliphatic heterocycles. The van der Waals surface area contributed by atoms with E-state index in [4.69, 9.17) is 0 Å². The Bertz CT molecular complexity index is 656. The van der Waals surface area contributed by atoms with Crippen LogP contribution < -0.4 is 4.72 Å². The lowest BCUT2D eigenvalue weighted by Crippen LogP contribution is -2.56. The number of hydrogen-bond acceptors (Lipinski definition) is 2. The quantitative estimate of drug-likeness (QED) is 0.368. The summed E-state index contributed by atoms with van der Waals surface area (Å²) in [7, 11) is -3.37. The molecule has 3 nitrogen and oxygen atoms in total. The maximum Gasteiger partial charge on any atom is 0.217 e. The minimum absolute atomic E-state index is 0.206. The van der Waals surface area contributed by atoms with E-state index < -0.39 is 14.8 Å². The van der Waals surface area contributed by atoms with Crippen molar-refractivity contribution in [2.75, 3.05) is 6.54 Å². The van der Waals surface area contributed by atoms with Crippen molar-refractivity contribution in [2.24, 2.45) is 5.41 Å². The summed E-state index contributed by atoms with van der Waals surface area (Å²) < 4.78 is 28.9. The van der Waals surface area contributed by atoms with E-state index in [1.54, 1.807) is 0 Å². The molecule has 0 heterocycles. The smallest absolute Gasteiger partial charge is 0.215 e. The van der Waals surface area contributed by atoms with Gasteiger partial charge in [-0.25, -0.2) is 13.1 Å². The topological polar surface area (TPSA) is 46.2 Å². The van der Waals surface area contributed by atoms with Crippen LogP contribution in [0.1, 0.15) is 97.6 Å². The van der Waals surface area contributed by atoms with Crippen molar-refractivity contribution in [3.63, 3.8) is 0 Å². The maximum absolute atomic E-state index is 13.3. The molecule has 0 aliphatic carbocycles. The van der Waals surface area contributed by atoms with E-state index in [9.17, 15) is 8.42 Å². The van der Waals surface area contributed by atoms with Gasteiger partial charge in [0.25, 0.3) is 0 Å². The Kier molecular flexibility index (Phi) is 10.2. The first-order valence-electron chi connectivity index (χ1n) is 11.3. The van der Waals surface area contributed by atoms with Gasteiger partial charge in [0.1, 0.15) is 0 Å². The first kappa shape index (κ1) is 25.2. The van der Waals surface area contributed by atoms with Crippen molar-refractivity contribution in [2.45, 2.75) is 104 Å². The molecule has 0 fully saturated rings. The fourth-order valence-corrected chi connectivity index (χ4v) is 7.05. The van der Waals surface area contributed by atoms with Crippen LogP contribution in [0, 0.1) is 5.41 Å². The number of benzene rings is 1. The van der Waals surface area contributed by atoms with Crippen LogP contribution in [-0.2, 0) is 22.9 Å². The van der Waals surface area contributed by atoms with Gasteiger partial charge < -0.3 is 0 Å². The fraction of sp³-hybridized carbons (Fsp3) is 0.750. The van der Waals surface area contributed by atoms with Crippen LogP contribution >= 0.6 is 0 Å². The summed E-state index contributed by atoms with van der Waals surface area (Å²) in [6, 6.07) is 8.86. The Labute approximate surface area is 174 Å². The summed E-state index contributed by atoms with van der Waals surface area (Å²) in [4.78, 5) is 0. The predicted molar refractivity (Wildman–Crippen MR) is 122 cm³/mol. The van der Waals surface area contributed by atoms with E-state index in [1.807, 2.05) is 13.8 Å². The largest absolute Gasteiger partial charge is 0.217 e. The van der Waals surface area contributed by atoms with Crippen molar-refractivity contribution in [3.8, 4) is 0 Å². The molecule has 0 radical (unpaired) electrons. The van der Waals surface area contributed by atoms with Crippen molar-refractivity contribution in [3.05, 3.63) is 35.4 Å². The highest BCUT2D eigenvalue weighted by atomic mass is 32.2. The molecule has 0 bridgehead atoms. The third kappa shape index (κ3) is 5.60. The number of rotatable bonds is 14. The van der Waals surface area contributed by atoms with Gasteiger partial charge in [-0.05, 0) is 67.9 Å². The zero-order chi connectivity index (χ0) is 21.3. The zero-order valence-electron chi connectivity index (χ0n) is 19.1. The second-order valence-electron chi connectivity index (χ2n) is 8.39. The molecular weight excluding hydrogens is 366 g/mol. The molecule has 1 aromatic carbocycles. The highest BCUT2D eigenvalue weighted by molar-refractivity contribution is 7.91. The summed E-state index contributed by atoms with van der Waals surface area (Å²) in [6.07, 6.45) is 8.23. The van der Waals surface area contributed by atoms with Gasteiger partial charge in [0.2, 0.25) is 10.0 Å². The van der Waals surface area contributed by atoms with Crippen LogP contribution in [0.2, 0.25) is 0 Å². The molecule has 1 N–H and O–H groups in total. The van der Waals surface area contributed by atoms with Crippen LogP contribution in [0.25, 0.3) is 0 Å². The number of hydrogen-bond donors (Lipinski definition) is 1. The van der Waals surface area contributed by atoms with Crippen molar-refractivity contribution >= 4 is 10.0 Å². The van der Waals surface area contributed by atoms with Crippen LogP contribution in [-0.4, -0.2) is 19.7 Å². The fourth-order valence-electron chi connectivity index (χ4n) is 4.66. The molecule has 0 saturated heterocycles. The summed E-state index contributed by atoms with van der Waals surface area (Å²) in [5.41, 5.74) is 2.52. The maximum atomic E-state index is 13.3. The lowest BCUT2D eigenvalue weighted by molar-refractivity contribution is 0.178. The Balaban J connectivity index is 2.64. The van der Waals surface area contributed by atoms with Crippen LogP contribution in [0.3, 0.4) is 0 Å². The van der Waals surface area contributed by atoms with Gasteiger partial charge in [0, 0.05) is 6.54 Å². The zero-order valence-corrected chi connectivity index (χ0v) is 19.9. The van der Waals surface area contributed by atoms with E-state index in [0.29, 0.717) is 19.4 Å². The normalized spacial score (nSPS) is 13.1. The highest BCUT2D eigenvalue weighted by Gasteiger charge is 2.52. The SMILES string of the molecule is CCCc1ccc(CCCCNS(=O)(=O)C(CC)(CC)C(C)(CC)CC)cc1. The van der Waals surface area contributed by atoms with Crippen LogP contribution in [0.4, 0.5) is 0 Å². The van der Waals surface area contributed by atoms with Gasteiger partial charge in [-0.1, -0.05) is 72.2 Å². The van der Waals surface area contributed by atoms with Crippen LogP contribution in [0.5, 0.6) is 0 Å². The Morgan fingerprint density at radius 2 is 1.29 bits per heavy atom. The standard InChI is InChI=1S/C24H43NO2S/c1-7-14-21-16-18-22(19-17-21)15-12-13-20-25-28(26,27)24(10-4,11-5)23(6,8-2)9-3/h16-19,25H,7-15,20H2,1-6H3. The van der Waals surface area contributed by atoms with E-state index >= 15 is 0 Å². The molecule has 1 aromatic rings. The van der Waals surface area contributed by atoms with E-state index in [0.717, 1.165) is 38.5 Å². The van der Waals surface area contributed by atoms with E-state index in [1.165, 1.54) is 17.5 Å². The Morgan fingerprint density at radius 1 is 0.786 bits per heavy atom. The third-order valence-corrected chi connectivity index (χ3v) is 9.75. The number of sulfonamides is 1. The van der Waals surface area contributed by atoms with Gasteiger partial charge in [-0.2, -0.15) is 0 Å². The molecule has 4 heteroatoms. The molecule has 0 spiro atoms. The molecule has 0 amide bonds. The summed E-state index contributed by atoms with van der Waals surface area (Å²) in [5.74, 6) is 0. The van der Waals surface area contributed by atoms with Gasteiger partial charge in [0.15, 0.2) is 0 Å². The predicted octanol–water partition coefficient (Wildman–Crippen LogP) is 6.27. The minimum Gasteiger partial charge on any atom is -0.215 e. The third-order valence-electron chi connectivity index (χ3n) is 7.06. The highest BCUT2D eigenvalue weighted by Crippen LogP contribution is 2.47. The van der Waals surface area contributed by atoms with Crippen molar-refractivity contribution in [1.29, 1.82) is 0 Å². The van der Waals surface area contributed by atoms with Crippen molar-refractivity contribution < 1.29 is 8.42 Å². The average Bonchev–Trinajstić information content (AvgIpc) is 2.69. The molecule has 1 rings (SSSR count). The first-order valence-corrected chi connectivity index (χ1v) is 12.8. The number of aryl methyl sites for hydroxylation is 2. The molecule has 0 unspecified atom stereocenters. The van der Waals surface area contributed by atoms with Gasteiger partial charge in [0.05, 0.1) is 4.75 Å². The lowest BCUT2D eigenvalue weighted by atomic mass is 9.69. The molecular formula is C24H43NO2S. The molecule has 0 aromatic heterocycles. The lowest BCUT2D eigenvalue weighted by Gasteiger charge is -2.46. The second kappa shape index (κ2) is 11.3. The molecule has 0 saturated carbocycles. The number of unbranched alkanes of at least 4 members (excludes halogenated alkanes) is 1. The summed E-state index contributed by atoms with van der Waals surface area (Å²) in [5, 5.41) is 0. The average molecular weight is 410 g/mol. The van der Waals surface area contributed by atoms with Crippen LogP contribution in [0.15, 0.2) is 24.3 Å². The molecule has 0 aliphatic rings. The van der Waals surface area contributed by atoms with Gasteiger partial charge >= 0.3 is 0 Å².